The molecule has 5 nitrogen and oxygen atoms in total. The van der Waals surface area contributed by atoms with Crippen molar-refractivity contribution in [2.24, 2.45) is 0 Å². The number of amides is 2. The van der Waals surface area contributed by atoms with Gasteiger partial charge in [0.05, 0.1) is 6.61 Å². The van der Waals surface area contributed by atoms with Crippen molar-refractivity contribution in [3.8, 4) is 0 Å². The topological polar surface area (TPSA) is 67.4 Å². The summed E-state index contributed by atoms with van der Waals surface area (Å²) >= 11 is 0. The molecule has 1 aliphatic rings. The van der Waals surface area contributed by atoms with Gasteiger partial charge in [-0.1, -0.05) is 18.9 Å². The number of carbonyl (C=O) groups is 2. The van der Waals surface area contributed by atoms with Gasteiger partial charge in [-0.15, -0.1) is 0 Å². The number of anilines is 1. The molecule has 2 N–H and O–H groups in total. The Kier molecular flexibility index (Phi) is 4.98. The van der Waals surface area contributed by atoms with E-state index >= 15 is 0 Å². The van der Waals surface area contributed by atoms with Gasteiger partial charge in [0.15, 0.2) is 0 Å². The van der Waals surface area contributed by atoms with Crippen molar-refractivity contribution in [1.29, 1.82) is 0 Å². The van der Waals surface area contributed by atoms with Crippen LogP contribution in [0.1, 0.15) is 43.0 Å². The molecular weight excluding hydrogens is 256 g/mol. The minimum absolute atomic E-state index is 0.0931. The summed E-state index contributed by atoms with van der Waals surface area (Å²) in [5.41, 5.74) is 1.11. The maximum atomic E-state index is 12.1. The Morgan fingerprint density at radius 1 is 1.30 bits per heavy atom. The minimum Gasteiger partial charge on any atom is -0.450 e. The predicted molar refractivity (Wildman–Crippen MR) is 76.8 cm³/mol. The van der Waals surface area contributed by atoms with Gasteiger partial charge in [0.25, 0.3) is 5.91 Å². The van der Waals surface area contributed by atoms with Crippen LogP contribution in [-0.4, -0.2) is 24.6 Å². The molecule has 0 heterocycles. The number of rotatable bonds is 4. The second kappa shape index (κ2) is 6.93. The molecule has 1 aromatic carbocycles. The number of benzene rings is 1. The monoisotopic (exact) mass is 276 g/mol. The fourth-order valence-electron chi connectivity index (χ4n) is 2.36. The van der Waals surface area contributed by atoms with Crippen molar-refractivity contribution in [2.45, 2.75) is 38.6 Å². The molecule has 108 valence electrons. The van der Waals surface area contributed by atoms with E-state index in [9.17, 15) is 9.59 Å². The summed E-state index contributed by atoms with van der Waals surface area (Å²) in [5.74, 6) is -0.0931. The number of hydrogen-bond acceptors (Lipinski definition) is 3. The quantitative estimate of drug-likeness (QED) is 0.888. The van der Waals surface area contributed by atoms with Crippen molar-refractivity contribution >= 4 is 17.7 Å². The summed E-state index contributed by atoms with van der Waals surface area (Å²) in [7, 11) is 0. The lowest BCUT2D eigenvalue weighted by Crippen LogP contribution is -2.32. The Bertz CT molecular complexity index is 482. The SMILES string of the molecule is CCOC(=O)Nc1cccc(C(=O)NC2CCCC2)c1. The maximum Gasteiger partial charge on any atom is 0.411 e. The van der Waals surface area contributed by atoms with Gasteiger partial charge >= 0.3 is 6.09 Å². The summed E-state index contributed by atoms with van der Waals surface area (Å²) in [4.78, 5) is 23.4. The van der Waals surface area contributed by atoms with E-state index in [1.54, 1.807) is 31.2 Å². The van der Waals surface area contributed by atoms with Crippen LogP contribution in [0.4, 0.5) is 10.5 Å². The smallest absolute Gasteiger partial charge is 0.411 e. The molecule has 1 fully saturated rings. The van der Waals surface area contributed by atoms with E-state index in [2.05, 4.69) is 10.6 Å². The third-order valence-electron chi connectivity index (χ3n) is 3.34. The molecule has 0 unspecified atom stereocenters. The predicted octanol–water partition coefficient (Wildman–Crippen LogP) is 2.93. The Balaban J connectivity index is 1.97. The Morgan fingerprint density at radius 3 is 2.75 bits per heavy atom. The van der Waals surface area contributed by atoms with Crippen LogP contribution in [0.25, 0.3) is 0 Å². The molecule has 0 radical (unpaired) electrons. The summed E-state index contributed by atoms with van der Waals surface area (Å²) in [5, 5.41) is 5.61. The van der Waals surface area contributed by atoms with Gasteiger partial charge < -0.3 is 10.1 Å². The molecule has 0 aromatic heterocycles. The number of hydrogen-bond donors (Lipinski definition) is 2. The first-order chi connectivity index (χ1) is 9.69. The van der Waals surface area contributed by atoms with Crippen LogP contribution in [0.3, 0.4) is 0 Å². The van der Waals surface area contributed by atoms with Gasteiger partial charge in [-0.2, -0.15) is 0 Å². The lowest BCUT2D eigenvalue weighted by atomic mass is 10.1. The molecule has 20 heavy (non-hydrogen) atoms. The highest BCUT2D eigenvalue weighted by atomic mass is 16.5. The Morgan fingerprint density at radius 2 is 2.05 bits per heavy atom. The van der Waals surface area contributed by atoms with Gasteiger partial charge in [0.2, 0.25) is 0 Å². The zero-order chi connectivity index (χ0) is 14.4. The zero-order valence-corrected chi connectivity index (χ0v) is 11.6. The second-order valence-corrected chi connectivity index (χ2v) is 4.88. The lowest BCUT2D eigenvalue weighted by Gasteiger charge is -2.12. The molecule has 1 aromatic rings. The van der Waals surface area contributed by atoms with E-state index in [4.69, 9.17) is 4.74 Å². The van der Waals surface area contributed by atoms with Gasteiger partial charge in [0.1, 0.15) is 0 Å². The van der Waals surface area contributed by atoms with Crippen LogP contribution in [0.5, 0.6) is 0 Å². The van der Waals surface area contributed by atoms with E-state index in [1.807, 2.05) is 0 Å². The molecule has 0 atom stereocenters. The first-order valence-corrected chi connectivity index (χ1v) is 7.03. The molecule has 0 aliphatic heterocycles. The average Bonchev–Trinajstić information content (AvgIpc) is 2.92. The van der Waals surface area contributed by atoms with Gasteiger partial charge in [-0.25, -0.2) is 4.79 Å². The summed E-state index contributed by atoms with van der Waals surface area (Å²) < 4.78 is 4.80. The van der Waals surface area contributed by atoms with E-state index < -0.39 is 6.09 Å². The van der Waals surface area contributed by atoms with E-state index in [0.29, 0.717) is 17.9 Å². The van der Waals surface area contributed by atoms with Crippen molar-refractivity contribution in [2.75, 3.05) is 11.9 Å². The fraction of sp³-hybridized carbons (Fsp3) is 0.467. The Hall–Kier alpha value is -2.04. The minimum atomic E-state index is -0.513. The first-order valence-electron chi connectivity index (χ1n) is 7.03. The molecule has 5 heteroatoms. The fourth-order valence-corrected chi connectivity index (χ4v) is 2.36. The second-order valence-electron chi connectivity index (χ2n) is 4.88. The zero-order valence-electron chi connectivity index (χ0n) is 11.6. The van der Waals surface area contributed by atoms with Crippen molar-refractivity contribution in [1.82, 2.24) is 5.32 Å². The molecule has 0 saturated heterocycles. The molecule has 1 aliphatic carbocycles. The van der Waals surface area contributed by atoms with Gasteiger partial charge in [0, 0.05) is 17.3 Å². The van der Waals surface area contributed by atoms with E-state index in [1.165, 1.54) is 12.8 Å². The number of ether oxygens (including phenoxy) is 1. The van der Waals surface area contributed by atoms with Crippen LogP contribution in [0.2, 0.25) is 0 Å². The first kappa shape index (κ1) is 14.4. The molecule has 2 amide bonds. The summed E-state index contributed by atoms with van der Waals surface area (Å²) in [6, 6.07) is 7.14. The molecule has 0 bridgehead atoms. The molecule has 2 rings (SSSR count). The third kappa shape index (κ3) is 3.98. The van der Waals surface area contributed by atoms with Crippen LogP contribution < -0.4 is 10.6 Å². The highest BCUT2D eigenvalue weighted by Gasteiger charge is 2.18. The van der Waals surface area contributed by atoms with E-state index in [-0.39, 0.29) is 11.9 Å². The van der Waals surface area contributed by atoms with Gasteiger partial charge in [-0.05, 0) is 38.0 Å². The molecule has 0 spiro atoms. The van der Waals surface area contributed by atoms with Crippen molar-refractivity contribution < 1.29 is 14.3 Å². The normalized spacial score (nSPS) is 14.8. The van der Waals surface area contributed by atoms with Crippen molar-refractivity contribution in [3.05, 3.63) is 29.8 Å². The summed E-state index contributed by atoms with van der Waals surface area (Å²) in [6.45, 7) is 2.05. The molecule has 1 saturated carbocycles. The summed E-state index contributed by atoms with van der Waals surface area (Å²) in [6.07, 6.45) is 3.94. The van der Waals surface area contributed by atoms with E-state index in [0.717, 1.165) is 12.8 Å². The lowest BCUT2D eigenvalue weighted by molar-refractivity contribution is 0.0937. The standard InChI is InChI=1S/C15H20N2O3/c1-2-20-15(19)17-13-9-5-6-11(10-13)14(18)16-12-7-3-4-8-12/h5-6,9-10,12H,2-4,7-8H2,1H3,(H,16,18)(H,17,19). The van der Waals surface area contributed by atoms with Gasteiger partial charge in [-0.3, -0.25) is 10.1 Å². The van der Waals surface area contributed by atoms with Crippen molar-refractivity contribution in [3.63, 3.8) is 0 Å². The number of carbonyl (C=O) groups excluding carboxylic acids is 2. The number of nitrogens with one attached hydrogen (secondary N) is 2. The molecular formula is C15H20N2O3. The Labute approximate surface area is 118 Å². The van der Waals surface area contributed by atoms with Crippen LogP contribution >= 0.6 is 0 Å². The highest BCUT2D eigenvalue weighted by molar-refractivity contribution is 5.96. The highest BCUT2D eigenvalue weighted by Crippen LogP contribution is 2.18. The average molecular weight is 276 g/mol. The maximum absolute atomic E-state index is 12.1. The van der Waals surface area contributed by atoms with Crippen LogP contribution in [0, 0.1) is 0 Å². The van der Waals surface area contributed by atoms with Crippen LogP contribution in [-0.2, 0) is 4.74 Å². The van der Waals surface area contributed by atoms with Crippen LogP contribution in [0.15, 0.2) is 24.3 Å². The third-order valence-corrected chi connectivity index (χ3v) is 3.34. The largest absolute Gasteiger partial charge is 0.450 e.